The number of halogens is 1. The van der Waals surface area contributed by atoms with Crippen LogP contribution in [-0.2, 0) is 5.54 Å². The van der Waals surface area contributed by atoms with Crippen LogP contribution < -0.4 is 0 Å². The largest absolute Gasteiger partial charge is 0.296 e. The minimum absolute atomic E-state index is 0.190. The van der Waals surface area contributed by atoms with E-state index in [1.165, 1.54) is 18.5 Å². The molecule has 0 amide bonds. The lowest BCUT2D eigenvalue weighted by Gasteiger charge is -2.56. The molecule has 3 fully saturated rings. The van der Waals surface area contributed by atoms with Gasteiger partial charge in [-0.2, -0.15) is 0 Å². The van der Waals surface area contributed by atoms with E-state index in [1.54, 1.807) is 0 Å². The Hall–Kier alpha value is -0.600. The number of hydrogen-bond donors (Lipinski definition) is 0. The number of pyridine rings is 1. The highest BCUT2D eigenvalue weighted by atomic mass is 35.5. The maximum Gasteiger partial charge on any atom is 0.129 e. The summed E-state index contributed by atoms with van der Waals surface area (Å²) >= 11 is 5.86. The molecule has 2 bridgehead atoms. The normalized spacial score (nSPS) is 36.1. The van der Waals surface area contributed by atoms with E-state index in [4.69, 9.17) is 11.6 Å². The molecule has 3 aliphatic rings. The van der Waals surface area contributed by atoms with E-state index in [0.717, 1.165) is 5.92 Å². The lowest BCUT2D eigenvalue weighted by Crippen LogP contribution is -2.56. The Labute approximate surface area is 102 Å². The maximum absolute atomic E-state index is 5.86. The topological polar surface area (TPSA) is 16.1 Å². The smallest absolute Gasteiger partial charge is 0.129 e. The quantitative estimate of drug-likeness (QED) is 0.697. The highest BCUT2D eigenvalue weighted by Crippen LogP contribution is 2.67. The minimum atomic E-state index is 0.190. The van der Waals surface area contributed by atoms with Crippen molar-refractivity contribution in [3.8, 4) is 0 Å². The van der Waals surface area contributed by atoms with Gasteiger partial charge >= 0.3 is 0 Å². The molecule has 1 aromatic heterocycles. The fourth-order valence-electron chi connectivity index (χ4n) is 3.84. The second-order valence-electron chi connectivity index (χ2n) is 5.73. The Morgan fingerprint density at radius 1 is 1.44 bits per heavy atom. The molecule has 0 radical (unpaired) electrons. The van der Waals surface area contributed by atoms with Crippen LogP contribution in [0, 0.1) is 11.3 Å². The molecule has 0 N–H and O–H groups in total. The average Bonchev–Trinajstić information content (AvgIpc) is 2.69. The summed E-state index contributed by atoms with van der Waals surface area (Å²) in [5.41, 5.74) is 1.87. The third-order valence-electron chi connectivity index (χ3n) is 4.98. The summed E-state index contributed by atoms with van der Waals surface area (Å²) in [6, 6.07) is 4.04. The zero-order chi connectivity index (χ0) is 11.6. The summed E-state index contributed by atoms with van der Waals surface area (Å²) in [5.74, 6) is 0.827. The summed E-state index contributed by atoms with van der Waals surface area (Å²) in [6.45, 7) is 5.95. The van der Waals surface area contributed by atoms with E-state index >= 15 is 0 Å². The molecule has 1 aliphatic carbocycles. The van der Waals surface area contributed by atoms with E-state index in [-0.39, 0.29) is 5.54 Å². The van der Waals surface area contributed by atoms with Gasteiger partial charge < -0.3 is 0 Å². The minimum Gasteiger partial charge on any atom is -0.296 e. The first kappa shape index (κ1) is 10.5. The predicted molar refractivity (Wildman–Crippen MR) is 65.4 cm³/mol. The molecule has 3 heteroatoms. The monoisotopic (exact) mass is 236 g/mol. The van der Waals surface area contributed by atoms with Gasteiger partial charge in [-0.15, -0.1) is 0 Å². The fraction of sp³-hybridized carbons (Fsp3) is 0.615. The number of fused-ring (bicyclic) bond motifs is 1. The number of aromatic nitrogens is 1. The van der Waals surface area contributed by atoms with Crippen molar-refractivity contribution in [2.24, 2.45) is 11.3 Å². The lowest BCUT2D eigenvalue weighted by molar-refractivity contribution is -0.0391. The third-order valence-corrected chi connectivity index (χ3v) is 5.20. The van der Waals surface area contributed by atoms with Crippen molar-refractivity contribution in [1.82, 2.24) is 9.88 Å². The molecular formula is C13H17ClN2. The fourth-order valence-corrected chi connectivity index (χ4v) is 3.95. The van der Waals surface area contributed by atoms with E-state index in [2.05, 4.69) is 36.8 Å². The molecule has 2 saturated heterocycles. The van der Waals surface area contributed by atoms with Crippen molar-refractivity contribution >= 4 is 11.6 Å². The van der Waals surface area contributed by atoms with E-state index < -0.39 is 0 Å². The molecule has 3 heterocycles. The van der Waals surface area contributed by atoms with Crippen LogP contribution in [0.4, 0.5) is 0 Å². The summed E-state index contributed by atoms with van der Waals surface area (Å²) in [5, 5.41) is 0.578. The highest BCUT2D eigenvalue weighted by Gasteiger charge is 2.68. The van der Waals surface area contributed by atoms with Gasteiger partial charge in [0.05, 0.1) is 5.54 Å². The lowest BCUT2D eigenvalue weighted by atomic mass is 9.51. The van der Waals surface area contributed by atoms with Gasteiger partial charge in [-0.1, -0.05) is 31.5 Å². The number of hydrogen-bond acceptors (Lipinski definition) is 2. The van der Waals surface area contributed by atoms with Gasteiger partial charge in [0.25, 0.3) is 0 Å². The first-order chi connectivity index (χ1) is 7.48. The SMILES string of the molecule is CN1CC2CC1(c1ccc(Cl)nc1)C2(C)C. The van der Waals surface area contributed by atoms with Crippen LogP contribution in [0.15, 0.2) is 18.3 Å². The highest BCUT2D eigenvalue weighted by molar-refractivity contribution is 6.29. The molecule has 16 heavy (non-hydrogen) atoms. The summed E-state index contributed by atoms with van der Waals surface area (Å²) in [6.07, 6.45) is 3.21. The van der Waals surface area contributed by atoms with E-state index in [9.17, 15) is 0 Å². The molecule has 2 unspecified atom stereocenters. The molecule has 4 rings (SSSR count). The van der Waals surface area contributed by atoms with Crippen LogP contribution in [0.2, 0.25) is 5.15 Å². The predicted octanol–water partition coefficient (Wildman–Crippen LogP) is 2.92. The first-order valence-electron chi connectivity index (χ1n) is 5.82. The Morgan fingerprint density at radius 3 is 2.62 bits per heavy atom. The molecule has 0 spiro atoms. The van der Waals surface area contributed by atoms with Crippen LogP contribution in [0.1, 0.15) is 25.8 Å². The molecule has 2 atom stereocenters. The van der Waals surface area contributed by atoms with Crippen molar-refractivity contribution < 1.29 is 0 Å². The zero-order valence-electron chi connectivity index (χ0n) is 10.00. The van der Waals surface area contributed by atoms with Crippen molar-refractivity contribution in [1.29, 1.82) is 0 Å². The number of rotatable bonds is 1. The van der Waals surface area contributed by atoms with Crippen molar-refractivity contribution in [3.63, 3.8) is 0 Å². The van der Waals surface area contributed by atoms with E-state index in [0.29, 0.717) is 10.6 Å². The van der Waals surface area contributed by atoms with Crippen molar-refractivity contribution in [3.05, 3.63) is 29.0 Å². The summed E-state index contributed by atoms with van der Waals surface area (Å²) in [4.78, 5) is 6.72. The molecule has 2 nitrogen and oxygen atoms in total. The van der Waals surface area contributed by atoms with E-state index in [1.807, 2.05) is 12.3 Å². The first-order valence-corrected chi connectivity index (χ1v) is 6.19. The van der Waals surface area contributed by atoms with Crippen molar-refractivity contribution in [2.75, 3.05) is 13.6 Å². The van der Waals surface area contributed by atoms with Crippen LogP contribution in [0.3, 0.4) is 0 Å². The van der Waals surface area contributed by atoms with Gasteiger partial charge in [0.1, 0.15) is 5.15 Å². The number of nitrogens with zero attached hydrogens (tertiary/aromatic N) is 2. The van der Waals surface area contributed by atoms with Gasteiger partial charge in [-0.05, 0) is 36.4 Å². The average molecular weight is 237 g/mol. The van der Waals surface area contributed by atoms with Gasteiger partial charge in [0.2, 0.25) is 0 Å². The van der Waals surface area contributed by atoms with Crippen LogP contribution in [0.25, 0.3) is 0 Å². The molecule has 1 saturated carbocycles. The van der Waals surface area contributed by atoms with Gasteiger partial charge in [-0.3, -0.25) is 4.90 Å². The van der Waals surface area contributed by atoms with Gasteiger partial charge in [0, 0.05) is 12.7 Å². The Kier molecular flexibility index (Phi) is 1.97. The van der Waals surface area contributed by atoms with Gasteiger partial charge in [0.15, 0.2) is 0 Å². The Morgan fingerprint density at radius 2 is 2.19 bits per heavy atom. The molecule has 1 aromatic rings. The Balaban J connectivity index is 2.09. The van der Waals surface area contributed by atoms with Gasteiger partial charge in [-0.25, -0.2) is 4.98 Å². The molecule has 86 valence electrons. The molecular weight excluding hydrogens is 220 g/mol. The standard InChI is InChI=1S/C13H17ClN2/c1-12(2)10-6-13(12,16(3)8-10)9-4-5-11(14)15-7-9/h4-5,7,10H,6,8H2,1-3H3. The summed E-state index contributed by atoms with van der Waals surface area (Å²) < 4.78 is 0. The molecule has 0 aromatic carbocycles. The van der Waals surface area contributed by atoms with Crippen molar-refractivity contribution in [2.45, 2.75) is 25.8 Å². The van der Waals surface area contributed by atoms with Crippen LogP contribution >= 0.6 is 11.6 Å². The second kappa shape index (κ2) is 2.99. The van der Waals surface area contributed by atoms with Crippen LogP contribution in [-0.4, -0.2) is 23.5 Å². The Bertz CT molecular complexity index is 426. The molecule has 2 aliphatic heterocycles. The van der Waals surface area contributed by atoms with Crippen LogP contribution in [0.5, 0.6) is 0 Å². The third kappa shape index (κ3) is 1.000. The zero-order valence-corrected chi connectivity index (χ0v) is 10.8. The second-order valence-corrected chi connectivity index (χ2v) is 6.12. The maximum atomic E-state index is 5.86. The summed E-state index contributed by atoms with van der Waals surface area (Å²) in [7, 11) is 2.23.